The molecule has 0 amide bonds. The molecule has 0 saturated carbocycles. The second-order valence-electron chi connectivity index (χ2n) is 6.19. The summed E-state index contributed by atoms with van der Waals surface area (Å²) >= 11 is 6.30. The average Bonchev–Trinajstić information content (AvgIpc) is 2.50. The van der Waals surface area contributed by atoms with Gasteiger partial charge in [-0.1, -0.05) is 11.6 Å². The highest BCUT2D eigenvalue weighted by molar-refractivity contribution is 6.32. The van der Waals surface area contributed by atoms with Crippen molar-refractivity contribution >= 4 is 11.6 Å². The highest BCUT2D eigenvalue weighted by atomic mass is 35.5. The molecular weight excluding hydrogens is 288 g/mol. The fourth-order valence-electron chi connectivity index (χ4n) is 2.97. The van der Waals surface area contributed by atoms with E-state index in [0.29, 0.717) is 24.0 Å². The summed E-state index contributed by atoms with van der Waals surface area (Å²) in [6.07, 6.45) is 2.34. The van der Waals surface area contributed by atoms with Gasteiger partial charge >= 0.3 is 0 Å². The molecule has 2 aliphatic heterocycles. The van der Waals surface area contributed by atoms with Crippen molar-refractivity contribution in [1.29, 1.82) is 0 Å². The molecule has 1 N–H and O–H groups in total. The summed E-state index contributed by atoms with van der Waals surface area (Å²) < 4.78 is 11.2. The number of nitrogens with zero attached hydrogens (tertiary/aromatic N) is 1. The van der Waals surface area contributed by atoms with Crippen molar-refractivity contribution in [2.24, 2.45) is 0 Å². The van der Waals surface area contributed by atoms with Crippen LogP contribution in [0.1, 0.15) is 25.3 Å². The molecule has 1 aromatic rings. The maximum absolute atomic E-state index is 6.30. The van der Waals surface area contributed by atoms with Crippen molar-refractivity contribution in [2.45, 2.75) is 31.8 Å². The number of hydrogen-bond donors (Lipinski definition) is 1. The average molecular weight is 311 g/mol. The lowest BCUT2D eigenvalue weighted by Gasteiger charge is -2.39. The van der Waals surface area contributed by atoms with E-state index in [2.05, 4.69) is 30.3 Å². The second kappa shape index (κ2) is 6.03. The zero-order valence-electron chi connectivity index (χ0n) is 12.7. The first-order valence-electron chi connectivity index (χ1n) is 7.59. The van der Waals surface area contributed by atoms with Gasteiger partial charge in [-0.25, -0.2) is 0 Å². The fraction of sp³-hybridized carbons (Fsp3) is 0.625. The topological polar surface area (TPSA) is 33.7 Å². The number of halogens is 1. The molecule has 0 bridgehead atoms. The van der Waals surface area contributed by atoms with Crippen molar-refractivity contribution in [3.8, 4) is 11.5 Å². The Hall–Kier alpha value is -0.970. The third-order valence-corrected chi connectivity index (χ3v) is 4.91. The van der Waals surface area contributed by atoms with Gasteiger partial charge in [0.2, 0.25) is 0 Å². The minimum atomic E-state index is 0.279. The molecular formula is C16H23ClN2O2. The molecule has 0 atom stereocenters. The molecule has 21 heavy (non-hydrogen) atoms. The number of ether oxygens (including phenoxy) is 2. The molecule has 0 radical (unpaired) electrons. The summed E-state index contributed by atoms with van der Waals surface area (Å²) in [4.78, 5) is 2.47. The Morgan fingerprint density at radius 1 is 1.24 bits per heavy atom. The lowest BCUT2D eigenvalue weighted by atomic mass is 9.90. The van der Waals surface area contributed by atoms with Crippen LogP contribution in [0.5, 0.6) is 11.5 Å². The van der Waals surface area contributed by atoms with E-state index in [9.17, 15) is 0 Å². The lowest BCUT2D eigenvalue weighted by Crippen LogP contribution is -2.49. The van der Waals surface area contributed by atoms with Gasteiger partial charge in [-0.2, -0.15) is 0 Å². The Kier molecular flexibility index (Phi) is 4.29. The van der Waals surface area contributed by atoms with Gasteiger partial charge in [0.1, 0.15) is 13.2 Å². The van der Waals surface area contributed by atoms with Gasteiger partial charge in [-0.05, 0) is 44.5 Å². The van der Waals surface area contributed by atoms with Crippen molar-refractivity contribution in [1.82, 2.24) is 10.2 Å². The molecule has 2 heterocycles. The number of rotatable bonds is 3. The number of likely N-dealkylation sites (tertiary alicyclic amines) is 1. The van der Waals surface area contributed by atoms with Crippen LogP contribution in [0.4, 0.5) is 0 Å². The van der Waals surface area contributed by atoms with E-state index < -0.39 is 0 Å². The number of nitrogens with one attached hydrogen (secondary N) is 1. The molecule has 4 nitrogen and oxygen atoms in total. The van der Waals surface area contributed by atoms with Crippen LogP contribution in [0, 0.1) is 0 Å². The third kappa shape index (κ3) is 3.28. The van der Waals surface area contributed by atoms with Crippen molar-refractivity contribution in [3.63, 3.8) is 0 Å². The van der Waals surface area contributed by atoms with Crippen LogP contribution < -0.4 is 14.8 Å². The van der Waals surface area contributed by atoms with Crippen LogP contribution >= 0.6 is 11.6 Å². The quantitative estimate of drug-likeness (QED) is 0.931. The molecule has 0 aromatic heterocycles. The number of hydrogen-bond acceptors (Lipinski definition) is 4. The van der Waals surface area contributed by atoms with Crippen LogP contribution in [-0.4, -0.2) is 43.8 Å². The summed E-state index contributed by atoms with van der Waals surface area (Å²) in [7, 11) is 2.05. The van der Waals surface area contributed by atoms with Gasteiger partial charge in [-0.15, -0.1) is 0 Å². The van der Waals surface area contributed by atoms with Gasteiger partial charge in [0, 0.05) is 25.2 Å². The van der Waals surface area contributed by atoms with Crippen LogP contribution in [0.3, 0.4) is 0 Å². The largest absolute Gasteiger partial charge is 0.486 e. The summed E-state index contributed by atoms with van der Waals surface area (Å²) in [5, 5.41) is 4.08. The van der Waals surface area contributed by atoms with Crippen molar-refractivity contribution in [3.05, 3.63) is 22.7 Å². The van der Waals surface area contributed by atoms with E-state index in [1.54, 1.807) is 0 Å². The minimum absolute atomic E-state index is 0.279. The van der Waals surface area contributed by atoms with Gasteiger partial charge < -0.3 is 14.8 Å². The molecule has 2 aliphatic rings. The number of fused-ring (bicyclic) bond motifs is 1. The van der Waals surface area contributed by atoms with E-state index in [4.69, 9.17) is 21.1 Å². The molecule has 116 valence electrons. The Morgan fingerprint density at radius 2 is 1.95 bits per heavy atom. The highest BCUT2D eigenvalue weighted by Gasteiger charge is 2.28. The smallest absolute Gasteiger partial charge is 0.179 e. The molecule has 0 spiro atoms. The molecule has 1 fully saturated rings. The summed E-state index contributed by atoms with van der Waals surface area (Å²) in [6.45, 7) is 6.58. The van der Waals surface area contributed by atoms with Gasteiger partial charge in [0.15, 0.2) is 11.5 Å². The molecule has 0 unspecified atom stereocenters. The van der Waals surface area contributed by atoms with Crippen LogP contribution in [0.25, 0.3) is 0 Å². The van der Waals surface area contributed by atoms with Gasteiger partial charge in [0.05, 0.1) is 5.02 Å². The summed E-state index contributed by atoms with van der Waals surface area (Å²) in [5.74, 6) is 1.47. The van der Waals surface area contributed by atoms with E-state index in [-0.39, 0.29) is 5.54 Å². The normalized spacial score (nSPS) is 21.3. The maximum atomic E-state index is 6.30. The van der Waals surface area contributed by atoms with E-state index in [0.717, 1.165) is 25.4 Å². The third-order valence-electron chi connectivity index (χ3n) is 4.63. The minimum Gasteiger partial charge on any atom is -0.486 e. The Labute approximate surface area is 131 Å². The molecule has 1 aromatic carbocycles. The lowest BCUT2D eigenvalue weighted by molar-refractivity contribution is 0.145. The Balaban J connectivity index is 1.67. The van der Waals surface area contributed by atoms with Crippen LogP contribution in [-0.2, 0) is 6.54 Å². The summed E-state index contributed by atoms with van der Waals surface area (Å²) in [6, 6.07) is 4.06. The molecule has 0 aliphatic carbocycles. The maximum Gasteiger partial charge on any atom is 0.179 e. The van der Waals surface area contributed by atoms with Crippen LogP contribution in [0.15, 0.2) is 12.1 Å². The van der Waals surface area contributed by atoms with E-state index in [1.165, 1.54) is 18.4 Å². The number of benzene rings is 1. The predicted molar refractivity (Wildman–Crippen MR) is 84.4 cm³/mol. The Morgan fingerprint density at radius 3 is 2.67 bits per heavy atom. The first-order chi connectivity index (χ1) is 10.1. The summed E-state index contributed by atoms with van der Waals surface area (Å²) in [5.41, 5.74) is 1.47. The fourth-order valence-corrected chi connectivity index (χ4v) is 3.26. The monoisotopic (exact) mass is 310 g/mol. The molecule has 1 saturated heterocycles. The first kappa shape index (κ1) is 14.9. The predicted octanol–water partition coefficient (Wildman–Crippen LogP) is 2.69. The van der Waals surface area contributed by atoms with Gasteiger partial charge in [0.25, 0.3) is 0 Å². The van der Waals surface area contributed by atoms with Crippen molar-refractivity contribution in [2.75, 3.05) is 33.4 Å². The number of piperidine rings is 1. The zero-order valence-corrected chi connectivity index (χ0v) is 13.5. The molecule has 3 rings (SSSR count). The van der Waals surface area contributed by atoms with Crippen LogP contribution in [0.2, 0.25) is 5.02 Å². The second-order valence-corrected chi connectivity index (χ2v) is 6.60. The highest BCUT2D eigenvalue weighted by Crippen LogP contribution is 2.38. The van der Waals surface area contributed by atoms with Crippen molar-refractivity contribution < 1.29 is 9.47 Å². The zero-order chi connectivity index (χ0) is 14.9. The van der Waals surface area contributed by atoms with E-state index >= 15 is 0 Å². The SMILES string of the molecule is CNC1(C)CCN(Cc2cc(Cl)c3c(c2)OCCO3)CC1. The first-order valence-corrected chi connectivity index (χ1v) is 7.97. The van der Waals surface area contributed by atoms with Gasteiger partial charge in [-0.3, -0.25) is 4.90 Å². The van der Waals surface area contributed by atoms with E-state index in [1.807, 2.05) is 6.07 Å². The Bertz CT molecular complexity index is 513. The molecule has 5 heteroatoms. The standard InChI is InChI=1S/C16H23ClN2O2/c1-16(18-2)3-5-19(6-4-16)11-12-9-13(17)15-14(10-12)20-7-8-21-15/h9-10,18H,3-8,11H2,1-2H3.